The van der Waals surface area contributed by atoms with E-state index in [1.165, 1.54) is 25.7 Å². The Morgan fingerprint density at radius 3 is 2.11 bits per heavy atom. The number of aromatic amines is 1. The Morgan fingerprint density at radius 2 is 1.50 bits per heavy atom. The number of benzene rings is 1. The smallest absolute Gasteiger partial charge is 0.294 e. The van der Waals surface area contributed by atoms with Gasteiger partial charge in [-0.15, -0.1) is 0 Å². The summed E-state index contributed by atoms with van der Waals surface area (Å²) in [5.74, 6) is 0.893. The molecule has 0 fully saturated rings. The monoisotopic (exact) mass is 388 g/mol. The molecular weight excluding hydrogens is 352 g/mol. The molecule has 0 aliphatic carbocycles. The second-order valence-corrected chi connectivity index (χ2v) is 7.22. The molecular formula is C23H36N2O3. The summed E-state index contributed by atoms with van der Waals surface area (Å²) in [5.41, 5.74) is 1.53. The zero-order valence-corrected chi connectivity index (χ0v) is 17.7. The van der Waals surface area contributed by atoms with Crippen LogP contribution in [0.4, 0.5) is 5.69 Å². The van der Waals surface area contributed by atoms with Crippen LogP contribution in [-0.4, -0.2) is 24.7 Å². The summed E-state index contributed by atoms with van der Waals surface area (Å²) in [5, 5.41) is 4.17. The molecule has 0 unspecified atom stereocenters. The quantitative estimate of drug-likeness (QED) is 0.397. The topological polar surface area (TPSA) is 63.4 Å². The number of ether oxygens (including phenoxy) is 2. The fourth-order valence-corrected chi connectivity index (χ4v) is 3.24. The van der Waals surface area contributed by atoms with Crippen molar-refractivity contribution in [3.05, 3.63) is 28.6 Å². The summed E-state index contributed by atoms with van der Waals surface area (Å²) in [6.45, 7) is 8.39. The summed E-state index contributed by atoms with van der Waals surface area (Å²) in [6, 6.07) is 5.96. The van der Waals surface area contributed by atoms with Gasteiger partial charge in [-0.25, -0.2) is 0 Å². The Bertz CT molecular complexity index is 770. The first-order valence-electron chi connectivity index (χ1n) is 10.9. The summed E-state index contributed by atoms with van der Waals surface area (Å²) < 4.78 is 12.0. The van der Waals surface area contributed by atoms with Crippen LogP contribution < -0.4 is 20.3 Å². The average molecular weight is 389 g/mol. The lowest BCUT2D eigenvalue weighted by Gasteiger charge is -2.15. The molecule has 0 radical (unpaired) electrons. The van der Waals surface area contributed by atoms with Gasteiger partial charge in [0.1, 0.15) is 0 Å². The molecule has 1 aromatic heterocycles. The normalized spacial score (nSPS) is 11.0. The molecule has 5 heteroatoms. The van der Waals surface area contributed by atoms with Gasteiger partial charge in [0.2, 0.25) is 5.75 Å². The molecule has 156 valence electrons. The van der Waals surface area contributed by atoms with Crippen LogP contribution in [0.15, 0.2) is 23.0 Å². The van der Waals surface area contributed by atoms with Crippen molar-refractivity contribution in [2.75, 3.05) is 25.1 Å². The minimum absolute atomic E-state index is 0.222. The highest BCUT2D eigenvalue weighted by molar-refractivity contribution is 5.89. The second-order valence-electron chi connectivity index (χ2n) is 7.22. The molecule has 0 atom stereocenters. The Labute approximate surface area is 168 Å². The van der Waals surface area contributed by atoms with E-state index >= 15 is 0 Å². The first-order chi connectivity index (χ1) is 13.7. The van der Waals surface area contributed by atoms with E-state index in [1.807, 2.05) is 25.1 Å². The molecule has 0 aliphatic heterocycles. The van der Waals surface area contributed by atoms with Gasteiger partial charge in [-0.1, -0.05) is 52.4 Å². The molecule has 2 rings (SSSR count). The van der Waals surface area contributed by atoms with E-state index < -0.39 is 0 Å². The van der Waals surface area contributed by atoms with Crippen molar-refractivity contribution in [3.63, 3.8) is 0 Å². The highest BCUT2D eigenvalue weighted by Crippen LogP contribution is 2.33. The third kappa shape index (κ3) is 6.47. The number of pyridine rings is 1. The van der Waals surface area contributed by atoms with Gasteiger partial charge in [-0.2, -0.15) is 0 Å². The van der Waals surface area contributed by atoms with E-state index in [0.717, 1.165) is 48.8 Å². The predicted octanol–water partition coefficient (Wildman–Crippen LogP) is 5.88. The molecule has 0 saturated heterocycles. The zero-order chi connectivity index (χ0) is 20.2. The molecule has 0 spiro atoms. The van der Waals surface area contributed by atoms with Crippen molar-refractivity contribution in [3.8, 4) is 11.5 Å². The molecule has 0 amide bonds. The van der Waals surface area contributed by atoms with Crippen LogP contribution in [0.25, 0.3) is 10.9 Å². The maximum Gasteiger partial charge on any atom is 0.294 e. The molecule has 2 N–H and O–H groups in total. The number of fused-ring (bicyclic) bond motifs is 1. The maximum atomic E-state index is 12.7. The van der Waals surface area contributed by atoms with Crippen molar-refractivity contribution in [1.29, 1.82) is 0 Å². The largest absolute Gasteiger partial charge is 0.489 e. The van der Waals surface area contributed by atoms with Gasteiger partial charge in [-0.05, 0) is 38.0 Å². The standard InChI is InChI=1S/C23H36N2O3/c1-4-7-9-11-15-27-21-19-14-13-18(24-6-3)17-20(19)25-23(26)22(21)28-16-12-10-8-5-2/h13-14,17,24H,4-12,15-16H2,1-3H3,(H,25,26). The number of anilines is 1. The molecule has 1 aromatic carbocycles. The van der Waals surface area contributed by atoms with Gasteiger partial charge >= 0.3 is 0 Å². The Balaban J connectivity index is 2.24. The SMILES string of the molecule is CCCCCCOc1c(OCCCCCC)c2ccc(NCC)cc2[nH]c1=O. The second kappa shape index (κ2) is 12.3. The third-order valence-electron chi connectivity index (χ3n) is 4.79. The number of H-pyrrole nitrogens is 1. The van der Waals surface area contributed by atoms with Gasteiger partial charge in [-0.3, -0.25) is 4.79 Å². The Hall–Kier alpha value is -2.17. The van der Waals surface area contributed by atoms with Crippen LogP contribution in [0, 0.1) is 0 Å². The van der Waals surface area contributed by atoms with Crippen LogP contribution in [0.2, 0.25) is 0 Å². The van der Waals surface area contributed by atoms with Gasteiger partial charge in [0.05, 0.1) is 18.7 Å². The lowest BCUT2D eigenvalue weighted by molar-refractivity contribution is 0.258. The average Bonchev–Trinajstić information content (AvgIpc) is 2.69. The van der Waals surface area contributed by atoms with E-state index in [0.29, 0.717) is 24.7 Å². The first-order valence-corrected chi connectivity index (χ1v) is 10.9. The molecule has 5 nitrogen and oxygen atoms in total. The summed E-state index contributed by atoms with van der Waals surface area (Å²) in [7, 11) is 0. The number of hydrogen-bond donors (Lipinski definition) is 2. The van der Waals surface area contributed by atoms with Crippen molar-refractivity contribution in [2.24, 2.45) is 0 Å². The number of nitrogens with one attached hydrogen (secondary N) is 2. The van der Waals surface area contributed by atoms with E-state index in [-0.39, 0.29) is 5.56 Å². The molecule has 0 aliphatic rings. The highest BCUT2D eigenvalue weighted by Gasteiger charge is 2.16. The van der Waals surface area contributed by atoms with Crippen LogP contribution in [0.5, 0.6) is 11.5 Å². The first kappa shape index (κ1) is 22.1. The van der Waals surface area contributed by atoms with Gasteiger partial charge < -0.3 is 19.8 Å². The molecule has 1 heterocycles. The van der Waals surface area contributed by atoms with Gasteiger partial charge in [0.25, 0.3) is 5.56 Å². The van der Waals surface area contributed by atoms with E-state index in [1.54, 1.807) is 0 Å². The number of unbranched alkanes of at least 4 members (excludes halogenated alkanes) is 6. The van der Waals surface area contributed by atoms with Crippen LogP contribution >= 0.6 is 0 Å². The van der Waals surface area contributed by atoms with Gasteiger partial charge in [0.15, 0.2) is 5.75 Å². The van der Waals surface area contributed by atoms with Crippen molar-refractivity contribution >= 4 is 16.6 Å². The fourth-order valence-electron chi connectivity index (χ4n) is 3.24. The Kier molecular flexibility index (Phi) is 9.73. The van der Waals surface area contributed by atoms with Crippen LogP contribution in [-0.2, 0) is 0 Å². The summed E-state index contributed by atoms with van der Waals surface area (Å²) in [6.07, 6.45) is 8.92. The van der Waals surface area contributed by atoms with Crippen molar-refractivity contribution in [1.82, 2.24) is 4.98 Å². The van der Waals surface area contributed by atoms with E-state index in [2.05, 4.69) is 24.1 Å². The summed E-state index contributed by atoms with van der Waals surface area (Å²) >= 11 is 0. The third-order valence-corrected chi connectivity index (χ3v) is 4.79. The summed E-state index contributed by atoms with van der Waals surface area (Å²) in [4.78, 5) is 15.7. The van der Waals surface area contributed by atoms with Crippen molar-refractivity contribution in [2.45, 2.75) is 72.1 Å². The molecule has 2 aromatic rings. The number of aromatic nitrogens is 1. The zero-order valence-electron chi connectivity index (χ0n) is 17.7. The van der Waals surface area contributed by atoms with E-state index in [9.17, 15) is 4.79 Å². The fraction of sp³-hybridized carbons (Fsp3) is 0.609. The molecule has 0 saturated carbocycles. The number of rotatable bonds is 14. The lowest BCUT2D eigenvalue weighted by atomic mass is 10.1. The van der Waals surface area contributed by atoms with Crippen molar-refractivity contribution < 1.29 is 9.47 Å². The molecule has 0 bridgehead atoms. The number of hydrogen-bond acceptors (Lipinski definition) is 4. The molecule has 28 heavy (non-hydrogen) atoms. The lowest BCUT2D eigenvalue weighted by Crippen LogP contribution is -2.15. The van der Waals surface area contributed by atoms with Crippen LogP contribution in [0.3, 0.4) is 0 Å². The highest BCUT2D eigenvalue weighted by atomic mass is 16.5. The Morgan fingerprint density at radius 1 is 0.857 bits per heavy atom. The van der Waals surface area contributed by atoms with E-state index in [4.69, 9.17) is 9.47 Å². The predicted molar refractivity (Wildman–Crippen MR) is 118 cm³/mol. The van der Waals surface area contributed by atoms with Crippen LogP contribution in [0.1, 0.15) is 72.1 Å². The minimum Gasteiger partial charge on any atom is -0.489 e. The minimum atomic E-state index is -0.222. The maximum absolute atomic E-state index is 12.7. The van der Waals surface area contributed by atoms with Gasteiger partial charge in [0, 0.05) is 17.6 Å².